The van der Waals surface area contributed by atoms with Crippen LogP contribution in [-0.2, 0) is 0 Å². The fourth-order valence-corrected chi connectivity index (χ4v) is 2.61. The average molecular weight is 329 g/mol. The van der Waals surface area contributed by atoms with E-state index >= 15 is 0 Å². The van der Waals surface area contributed by atoms with Crippen molar-refractivity contribution in [2.45, 2.75) is 25.7 Å². The Morgan fingerprint density at radius 2 is 1.75 bits per heavy atom. The summed E-state index contributed by atoms with van der Waals surface area (Å²) in [5.74, 6) is 0.571. The van der Waals surface area contributed by atoms with Gasteiger partial charge in [-0.2, -0.15) is 0 Å². The molecule has 1 saturated heterocycles. The molecule has 2 amide bonds. The quantitative estimate of drug-likeness (QED) is 0.907. The molecule has 0 bridgehead atoms. The molecular formula is C18H20FN3O2. The summed E-state index contributed by atoms with van der Waals surface area (Å²) in [6.45, 7) is 1.59. The number of rotatable bonds is 3. The lowest BCUT2D eigenvalue weighted by molar-refractivity contribution is 0.213. The second-order valence-corrected chi connectivity index (χ2v) is 5.77. The first-order valence-corrected chi connectivity index (χ1v) is 8.16. The zero-order valence-corrected chi connectivity index (χ0v) is 13.4. The van der Waals surface area contributed by atoms with Crippen LogP contribution in [0.15, 0.2) is 42.6 Å². The van der Waals surface area contributed by atoms with Crippen molar-refractivity contribution in [1.82, 2.24) is 9.88 Å². The van der Waals surface area contributed by atoms with Gasteiger partial charge in [-0.25, -0.2) is 14.2 Å². The number of halogens is 1. The van der Waals surface area contributed by atoms with E-state index in [-0.39, 0.29) is 11.8 Å². The van der Waals surface area contributed by atoms with Gasteiger partial charge in [-0.05, 0) is 43.2 Å². The van der Waals surface area contributed by atoms with Gasteiger partial charge in [0.1, 0.15) is 11.6 Å². The summed E-state index contributed by atoms with van der Waals surface area (Å²) < 4.78 is 18.4. The van der Waals surface area contributed by atoms with E-state index in [0.717, 1.165) is 25.9 Å². The fourth-order valence-electron chi connectivity index (χ4n) is 2.61. The van der Waals surface area contributed by atoms with Crippen LogP contribution in [0.25, 0.3) is 0 Å². The number of nitrogens with zero attached hydrogens (tertiary/aromatic N) is 2. The first-order valence-electron chi connectivity index (χ1n) is 8.16. The normalized spacial score (nSPS) is 14.8. The highest BCUT2D eigenvalue weighted by atomic mass is 19.1. The minimum atomic E-state index is -0.318. The summed E-state index contributed by atoms with van der Waals surface area (Å²) in [6, 6.07) is 9.03. The van der Waals surface area contributed by atoms with Gasteiger partial charge in [-0.1, -0.05) is 12.8 Å². The third-order valence-electron chi connectivity index (χ3n) is 3.92. The van der Waals surface area contributed by atoms with Crippen molar-refractivity contribution >= 4 is 11.7 Å². The van der Waals surface area contributed by atoms with Gasteiger partial charge in [0.15, 0.2) is 0 Å². The van der Waals surface area contributed by atoms with Crippen LogP contribution >= 0.6 is 0 Å². The van der Waals surface area contributed by atoms with E-state index in [2.05, 4.69) is 10.3 Å². The molecule has 0 atom stereocenters. The number of amides is 2. The minimum absolute atomic E-state index is 0.0918. The Balaban J connectivity index is 1.57. The monoisotopic (exact) mass is 329 g/mol. The highest BCUT2D eigenvalue weighted by Crippen LogP contribution is 2.21. The van der Waals surface area contributed by atoms with Gasteiger partial charge >= 0.3 is 6.03 Å². The first-order chi connectivity index (χ1) is 11.7. The summed E-state index contributed by atoms with van der Waals surface area (Å²) >= 11 is 0. The summed E-state index contributed by atoms with van der Waals surface area (Å²) in [6.07, 6.45) is 6.02. The van der Waals surface area contributed by atoms with E-state index in [4.69, 9.17) is 4.74 Å². The number of pyridine rings is 1. The largest absolute Gasteiger partial charge is 0.439 e. The maximum atomic E-state index is 12.9. The smallest absolute Gasteiger partial charge is 0.321 e. The highest BCUT2D eigenvalue weighted by Gasteiger charge is 2.15. The third kappa shape index (κ3) is 4.44. The number of nitrogens with one attached hydrogen (secondary N) is 1. The average Bonchev–Trinajstić information content (AvgIpc) is 2.88. The number of carbonyl (C=O) groups is 1. The molecule has 126 valence electrons. The molecule has 1 aliphatic rings. The number of urea groups is 1. The van der Waals surface area contributed by atoms with E-state index in [1.165, 1.54) is 37.1 Å². The van der Waals surface area contributed by atoms with Crippen LogP contribution in [0, 0.1) is 5.82 Å². The summed E-state index contributed by atoms with van der Waals surface area (Å²) in [5.41, 5.74) is 0.621. The van der Waals surface area contributed by atoms with Crippen LogP contribution in [0.5, 0.6) is 11.6 Å². The van der Waals surface area contributed by atoms with Crippen molar-refractivity contribution < 1.29 is 13.9 Å². The van der Waals surface area contributed by atoms with Crippen molar-refractivity contribution in [3.05, 3.63) is 48.4 Å². The molecule has 0 radical (unpaired) electrons. The van der Waals surface area contributed by atoms with Gasteiger partial charge in [0.25, 0.3) is 0 Å². The van der Waals surface area contributed by atoms with Gasteiger partial charge < -0.3 is 15.0 Å². The molecule has 1 aromatic heterocycles. The minimum Gasteiger partial charge on any atom is -0.439 e. The number of aromatic nitrogens is 1. The molecule has 0 unspecified atom stereocenters. The Kier molecular flexibility index (Phi) is 5.25. The standard InChI is InChI=1S/C18H20FN3O2/c19-14-5-8-16(9-6-14)24-17-10-7-15(13-20-17)21-18(23)22-11-3-1-2-4-12-22/h5-10,13H,1-4,11-12H2,(H,21,23). The highest BCUT2D eigenvalue weighted by molar-refractivity contribution is 5.89. The second kappa shape index (κ2) is 7.77. The molecule has 1 N–H and O–H groups in total. The SMILES string of the molecule is O=C(Nc1ccc(Oc2ccc(F)cc2)nc1)N1CCCCCC1. The molecule has 1 fully saturated rings. The van der Waals surface area contributed by atoms with E-state index in [0.29, 0.717) is 17.3 Å². The van der Waals surface area contributed by atoms with E-state index in [1.54, 1.807) is 18.3 Å². The van der Waals surface area contributed by atoms with Crippen molar-refractivity contribution in [3.63, 3.8) is 0 Å². The van der Waals surface area contributed by atoms with Crippen molar-refractivity contribution in [3.8, 4) is 11.6 Å². The molecule has 2 heterocycles. The molecular weight excluding hydrogens is 309 g/mol. The van der Waals surface area contributed by atoms with E-state index < -0.39 is 0 Å². The van der Waals surface area contributed by atoms with Crippen LogP contribution < -0.4 is 10.1 Å². The van der Waals surface area contributed by atoms with Crippen LogP contribution in [0.1, 0.15) is 25.7 Å². The van der Waals surface area contributed by atoms with Crippen LogP contribution in [0.3, 0.4) is 0 Å². The van der Waals surface area contributed by atoms with Crippen molar-refractivity contribution in [2.75, 3.05) is 18.4 Å². The van der Waals surface area contributed by atoms with E-state index in [9.17, 15) is 9.18 Å². The Morgan fingerprint density at radius 3 is 2.38 bits per heavy atom. The molecule has 24 heavy (non-hydrogen) atoms. The Morgan fingerprint density at radius 1 is 1.04 bits per heavy atom. The molecule has 1 aliphatic heterocycles. The molecule has 6 heteroatoms. The predicted molar refractivity (Wildman–Crippen MR) is 89.8 cm³/mol. The lowest BCUT2D eigenvalue weighted by Crippen LogP contribution is -2.35. The Labute approximate surface area is 140 Å². The maximum Gasteiger partial charge on any atom is 0.321 e. The van der Waals surface area contributed by atoms with E-state index in [1.807, 2.05) is 4.90 Å². The van der Waals surface area contributed by atoms with Gasteiger partial charge in [0.2, 0.25) is 5.88 Å². The number of carbonyl (C=O) groups excluding carboxylic acids is 1. The second-order valence-electron chi connectivity index (χ2n) is 5.77. The van der Waals surface area contributed by atoms with Crippen LogP contribution in [0.2, 0.25) is 0 Å². The number of ether oxygens (including phenoxy) is 1. The zero-order valence-electron chi connectivity index (χ0n) is 13.4. The van der Waals surface area contributed by atoms with Crippen molar-refractivity contribution in [2.24, 2.45) is 0 Å². The summed E-state index contributed by atoms with van der Waals surface area (Å²) in [7, 11) is 0. The number of benzene rings is 1. The van der Waals surface area contributed by atoms with Crippen molar-refractivity contribution in [1.29, 1.82) is 0 Å². The molecule has 0 aliphatic carbocycles. The lowest BCUT2D eigenvalue weighted by Gasteiger charge is -2.20. The molecule has 0 saturated carbocycles. The predicted octanol–water partition coefficient (Wildman–Crippen LogP) is 4.42. The number of hydrogen-bond donors (Lipinski definition) is 1. The Bertz CT molecular complexity index is 666. The molecule has 1 aromatic carbocycles. The molecule has 0 spiro atoms. The lowest BCUT2D eigenvalue weighted by atomic mass is 10.2. The maximum absolute atomic E-state index is 12.9. The number of hydrogen-bond acceptors (Lipinski definition) is 3. The van der Waals surface area contributed by atoms with Gasteiger partial charge in [-0.3, -0.25) is 0 Å². The first kappa shape index (κ1) is 16.2. The van der Waals surface area contributed by atoms with Gasteiger partial charge in [0, 0.05) is 19.2 Å². The fraction of sp³-hybridized carbons (Fsp3) is 0.333. The topological polar surface area (TPSA) is 54.5 Å². The summed E-state index contributed by atoms with van der Waals surface area (Å²) in [5, 5.41) is 2.86. The number of likely N-dealkylation sites (tertiary alicyclic amines) is 1. The Hall–Kier alpha value is -2.63. The zero-order chi connectivity index (χ0) is 16.8. The molecule has 5 nitrogen and oxygen atoms in total. The summed E-state index contributed by atoms with van der Waals surface area (Å²) in [4.78, 5) is 18.3. The van der Waals surface area contributed by atoms with Crippen LogP contribution in [0.4, 0.5) is 14.9 Å². The third-order valence-corrected chi connectivity index (χ3v) is 3.92. The van der Waals surface area contributed by atoms with Crippen LogP contribution in [-0.4, -0.2) is 29.0 Å². The van der Waals surface area contributed by atoms with Gasteiger partial charge in [0.05, 0.1) is 11.9 Å². The molecule has 2 aromatic rings. The molecule has 3 rings (SSSR count). The number of anilines is 1. The van der Waals surface area contributed by atoms with Gasteiger partial charge in [-0.15, -0.1) is 0 Å².